The quantitative estimate of drug-likeness (QED) is 0.470. The predicted molar refractivity (Wildman–Crippen MR) is 52.7 cm³/mol. The number of hydrogen-bond donors (Lipinski definition) is 1. The molecule has 1 rings (SSSR count). The van der Waals surface area contributed by atoms with Crippen molar-refractivity contribution in [3.63, 3.8) is 0 Å². The van der Waals surface area contributed by atoms with Crippen molar-refractivity contribution in [1.29, 1.82) is 0 Å². The van der Waals surface area contributed by atoms with Crippen molar-refractivity contribution in [3.8, 4) is 0 Å². The van der Waals surface area contributed by atoms with Crippen LogP contribution in [0.4, 0.5) is 0 Å². The van der Waals surface area contributed by atoms with E-state index in [1.165, 1.54) is 44.9 Å². The van der Waals surface area contributed by atoms with Crippen molar-refractivity contribution in [2.24, 2.45) is 0 Å². The highest BCUT2D eigenvalue weighted by molar-refractivity contribution is 8.68. The van der Waals surface area contributed by atoms with E-state index < -0.39 is 0 Å². The normalized spacial score (nSPS) is 23.7. The van der Waals surface area contributed by atoms with E-state index in [9.17, 15) is 0 Å². The molecule has 1 aliphatic carbocycles. The molecule has 1 fully saturated rings. The van der Waals surface area contributed by atoms with Gasteiger partial charge in [-0.3, -0.25) is 0 Å². The molecule has 0 N–H and O–H groups in total. The minimum Gasteiger partial charge on any atom is -0.111 e. The topological polar surface area (TPSA) is 0 Å². The van der Waals surface area contributed by atoms with E-state index in [0.717, 1.165) is 5.25 Å². The Balaban J connectivity index is 2.16. The monoisotopic (exact) mass is 176 g/mol. The standard InChI is InChI=1S/C8H16S2/c9-10-8-6-4-2-1-3-5-7-8/h8-9H,1-7H2. The summed E-state index contributed by atoms with van der Waals surface area (Å²) in [5.74, 6) is 0. The Labute approximate surface area is 73.0 Å². The van der Waals surface area contributed by atoms with E-state index in [-0.39, 0.29) is 0 Å². The van der Waals surface area contributed by atoms with Gasteiger partial charge in [0.1, 0.15) is 0 Å². The first-order valence-corrected chi connectivity index (χ1v) is 6.17. The molecule has 1 saturated carbocycles. The van der Waals surface area contributed by atoms with Gasteiger partial charge >= 0.3 is 0 Å². The number of rotatable bonds is 1. The maximum atomic E-state index is 4.26. The average molecular weight is 176 g/mol. The van der Waals surface area contributed by atoms with Crippen molar-refractivity contribution in [2.75, 3.05) is 0 Å². The van der Waals surface area contributed by atoms with Gasteiger partial charge in [0.15, 0.2) is 0 Å². The van der Waals surface area contributed by atoms with Crippen LogP contribution in [-0.4, -0.2) is 5.25 Å². The summed E-state index contributed by atoms with van der Waals surface area (Å²) in [7, 11) is 1.76. The van der Waals surface area contributed by atoms with Crippen LogP contribution in [0.2, 0.25) is 0 Å². The average Bonchev–Trinajstić information content (AvgIpc) is 1.87. The van der Waals surface area contributed by atoms with Gasteiger partial charge in [-0.05, 0) is 12.8 Å². The second-order valence-corrected chi connectivity index (χ2v) is 4.58. The summed E-state index contributed by atoms with van der Waals surface area (Å²) in [6.45, 7) is 0. The summed E-state index contributed by atoms with van der Waals surface area (Å²) >= 11 is 4.26. The molecule has 0 aromatic heterocycles. The highest BCUT2D eigenvalue weighted by Crippen LogP contribution is 2.28. The van der Waals surface area contributed by atoms with Gasteiger partial charge in [0.25, 0.3) is 0 Å². The van der Waals surface area contributed by atoms with Crippen molar-refractivity contribution >= 4 is 22.5 Å². The maximum absolute atomic E-state index is 4.26. The van der Waals surface area contributed by atoms with E-state index in [1.54, 1.807) is 10.8 Å². The van der Waals surface area contributed by atoms with E-state index >= 15 is 0 Å². The fraction of sp³-hybridized carbons (Fsp3) is 1.00. The molecule has 10 heavy (non-hydrogen) atoms. The lowest BCUT2D eigenvalue weighted by Gasteiger charge is -2.15. The van der Waals surface area contributed by atoms with Gasteiger partial charge in [-0.2, -0.15) is 0 Å². The molecular formula is C8H16S2. The van der Waals surface area contributed by atoms with Crippen LogP contribution in [0.5, 0.6) is 0 Å². The first-order valence-electron chi connectivity index (χ1n) is 4.23. The van der Waals surface area contributed by atoms with E-state index in [4.69, 9.17) is 0 Å². The molecule has 0 heterocycles. The fourth-order valence-corrected chi connectivity index (χ4v) is 2.70. The van der Waals surface area contributed by atoms with Crippen LogP contribution in [0.1, 0.15) is 44.9 Å². The molecule has 0 bridgehead atoms. The summed E-state index contributed by atoms with van der Waals surface area (Å²) in [6, 6.07) is 0. The van der Waals surface area contributed by atoms with Gasteiger partial charge < -0.3 is 0 Å². The second-order valence-electron chi connectivity index (χ2n) is 3.07. The molecule has 0 saturated heterocycles. The molecule has 2 heteroatoms. The third kappa shape index (κ3) is 3.20. The van der Waals surface area contributed by atoms with Crippen molar-refractivity contribution in [1.82, 2.24) is 0 Å². The van der Waals surface area contributed by atoms with Crippen LogP contribution in [0.25, 0.3) is 0 Å². The molecule has 0 spiro atoms. The van der Waals surface area contributed by atoms with Crippen LogP contribution >= 0.6 is 22.5 Å². The van der Waals surface area contributed by atoms with Gasteiger partial charge in [0.2, 0.25) is 0 Å². The second kappa shape index (κ2) is 5.36. The summed E-state index contributed by atoms with van der Waals surface area (Å²) < 4.78 is 0. The van der Waals surface area contributed by atoms with Crippen LogP contribution in [0.15, 0.2) is 0 Å². The summed E-state index contributed by atoms with van der Waals surface area (Å²) in [5, 5.41) is 0.851. The lowest BCUT2D eigenvalue weighted by molar-refractivity contribution is 0.514. The zero-order valence-electron chi connectivity index (χ0n) is 6.38. The predicted octanol–water partition coefficient (Wildman–Crippen LogP) is 3.68. The Hall–Kier alpha value is 0.700. The molecule has 0 aliphatic heterocycles. The smallest absolute Gasteiger partial charge is 0.0149 e. The Kier molecular flexibility index (Phi) is 4.72. The summed E-state index contributed by atoms with van der Waals surface area (Å²) in [6.07, 6.45) is 10.0. The first-order chi connectivity index (χ1) is 4.93. The zero-order chi connectivity index (χ0) is 7.23. The van der Waals surface area contributed by atoms with Crippen molar-refractivity contribution in [2.45, 2.75) is 50.2 Å². The third-order valence-electron chi connectivity index (χ3n) is 2.20. The van der Waals surface area contributed by atoms with Gasteiger partial charge in [-0.1, -0.05) is 42.9 Å². The molecular weight excluding hydrogens is 160 g/mol. The molecule has 0 radical (unpaired) electrons. The van der Waals surface area contributed by atoms with Gasteiger partial charge in [-0.25, -0.2) is 0 Å². The molecule has 0 unspecified atom stereocenters. The number of thiol groups is 1. The Morgan fingerprint density at radius 3 is 1.90 bits per heavy atom. The molecule has 0 amide bonds. The highest BCUT2D eigenvalue weighted by Gasteiger charge is 2.09. The SMILES string of the molecule is SSC1CCCCCCC1. The zero-order valence-corrected chi connectivity index (χ0v) is 8.09. The molecule has 0 aromatic rings. The van der Waals surface area contributed by atoms with E-state index in [1.807, 2.05) is 0 Å². The van der Waals surface area contributed by atoms with Crippen LogP contribution in [0, 0.1) is 0 Å². The Morgan fingerprint density at radius 1 is 0.900 bits per heavy atom. The van der Waals surface area contributed by atoms with E-state index in [0.29, 0.717) is 0 Å². The van der Waals surface area contributed by atoms with Crippen molar-refractivity contribution < 1.29 is 0 Å². The minimum absolute atomic E-state index is 0.851. The fourth-order valence-electron chi connectivity index (χ4n) is 1.52. The van der Waals surface area contributed by atoms with Crippen LogP contribution < -0.4 is 0 Å². The summed E-state index contributed by atoms with van der Waals surface area (Å²) in [4.78, 5) is 0. The molecule has 0 atom stereocenters. The lowest BCUT2D eigenvalue weighted by Crippen LogP contribution is -2.03. The molecule has 1 aliphatic rings. The minimum atomic E-state index is 0.851. The highest BCUT2D eigenvalue weighted by atomic mass is 33.1. The third-order valence-corrected chi connectivity index (χ3v) is 3.87. The van der Waals surface area contributed by atoms with E-state index in [2.05, 4.69) is 11.7 Å². The molecule has 60 valence electrons. The van der Waals surface area contributed by atoms with Gasteiger partial charge in [0, 0.05) is 5.25 Å². The number of hydrogen-bond acceptors (Lipinski definition) is 2. The Morgan fingerprint density at radius 2 is 1.40 bits per heavy atom. The van der Waals surface area contributed by atoms with Gasteiger partial charge in [-0.15, -0.1) is 11.7 Å². The van der Waals surface area contributed by atoms with Crippen LogP contribution in [0.3, 0.4) is 0 Å². The largest absolute Gasteiger partial charge is 0.111 e. The molecule has 0 nitrogen and oxygen atoms in total. The lowest BCUT2D eigenvalue weighted by atomic mass is 10.0. The van der Waals surface area contributed by atoms with Crippen molar-refractivity contribution in [3.05, 3.63) is 0 Å². The summed E-state index contributed by atoms with van der Waals surface area (Å²) in [5.41, 5.74) is 0. The van der Waals surface area contributed by atoms with Gasteiger partial charge in [0.05, 0.1) is 0 Å². The molecule has 0 aromatic carbocycles. The first kappa shape index (κ1) is 8.79. The van der Waals surface area contributed by atoms with Crippen LogP contribution in [-0.2, 0) is 0 Å². The Bertz CT molecular complexity index is 75.3. The maximum Gasteiger partial charge on any atom is 0.0149 e.